The van der Waals surface area contributed by atoms with Crippen molar-refractivity contribution in [1.29, 1.82) is 0 Å². The van der Waals surface area contributed by atoms with E-state index in [1.54, 1.807) is 12.1 Å². The van der Waals surface area contributed by atoms with Gasteiger partial charge in [0.25, 0.3) is 5.91 Å². The Morgan fingerprint density at radius 1 is 1.09 bits per heavy atom. The zero-order valence-electron chi connectivity index (χ0n) is 13.4. The van der Waals surface area contributed by atoms with E-state index in [9.17, 15) is 4.79 Å². The van der Waals surface area contributed by atoms with Gasteiger partial charge in [-0.1, -0.05) is 6.07 Å². The average molecular weight is 298 g/mol. The zero-order valence-corrected chi connectivity index (χ0v) is 13.4. The van der Waals surface area contributed by atoms with Crippen molar-refractivity contribution in [3.8, 4) is 5.75 Å². The highest BCUT2D eigenvalue weighted by atomic mass is 16.5. The number of aryl methyl sites for hydroxylation is 1. The van der Waals surface area contributed by atoms with E-state index < -0.39 is 0 Å². The molecule has 3 N–H and O–H groups in total. The average Bonchev–Trinajstić information content (AvgIpc) is 2.42. The fourth-order valence-corrected chi connectivity index (χ4v) is 2.04. The van der Waals surface area contributed by atoms with Gasteiger partial charge in [-0.05, 0) is 69.7 Å². The van der Waals surface area contributed by atoms with Crippen molar-refractivity contribution in [3.05, 3.63) is 53.6 Å². The number of anilines is 2. The number of amides is 1. The summed E-state index contributed by atoms with van der Waals surface area (Å²) in [5, 5.41) is 2.87. The minimum atomic E-state index is -0.247. The first-order valence-corrected chi connectivity index (χ1v) is 7.21. The summed E-state index contributed by atoms with van der Waals surface area (Å²) >= 11 is 0. The Balaban J connectivity index is 2.10. The van der Waals surface area contributed by atoms with E-state index in [-0.39, 0.29) is 11.5 Å². The van der Waals surface area contributed by atoms with Crippen LogP contribution in [0.15, 0.2) is 42.5 Å². The van der Waals surface area contributed by atoms with Crippen LogP contribution in [0.2, 0.25) is 0 Å². The van der Waals surface area contributed by atoms with Crippen LogP contribution in [0.4, 0.5) is 11.4 Å². The van der Waals surface area contributed by atoms with Gasteiger partial charge in [0.1, 0.15) is 11.4 Å². The lowest BCUT2D eigenvalue weighted by Crippen LogP contribution is -2.22. The van der Waals surface area contributed by atoms with Gasteiger partial charge in [0.2, 0.25) is 0 Å². The van der Waals surface area contributed by atoms with E-state index in [1.165, 1.54) is 0 Å². The first-order chi connectivity index (χ1) is 10.2. The van der Waals surface area contributed by atoms with E-state index in [1.807, 2.05) is 58.0 Å². The van der Waals surface area contributed by atoms with Crippen LogP contribution in [-0.2, 0) is 0 Å². The van der Waals surface area contributed by atoms with Crippen molar-refractivity contribution >= 4 is 17.3 Å². The number of hydrogen-bond donors (Lipinski definition) is 2. The van der Waals surface area contributed by atoms with Crippen molar-refractivity contribution in [2.75, 3.05) is 11.1 Å². The molecule has 2 rings (SSSR count). The van der Waals surface area contributed by atoms with Gasteiger partial charge in [0.15, 0.2) is 0 Å². The summed E-state index contributed by atoms with van der Waals surface area (Å²) in [6.45, 7) is 7.86. The Labute approximate surface area is 131 Å². The highest BCUT2D eigenvalue weighted by Crippen LogP contribution is 2.21. The lowest BCUT2D eigenvalue weighted by molar-refractivity contribution is 0.102. The summed E-state index contributed by atoms with van der Waals surface area (Å²) in [5.41, 5.74) is 8.25. The minimum Gasteiger partial charge on any atom is -0.488 e. The SMILES string of the molecule is Cc1ccc(N)cc1C(=O)Nc1ccc(OC(C)(C)C)cc1. The number of carbonyl (C=O) groups is 1. The maximum atomic E-state index is 12.3. The second-order valence-corrected chi connectivity index (χ2v) is 6.27. The van der Waals surface area contributed by atoms with Crippen LogP contribution >= 0.6 is 0 Å². The molecule has 0 saturated carbocycles. The molecule has 116 valence electrons. The Bertz CT molecular complexity index is 670. The summed E-state index contributed by atoms with van der Waals surface area (Å²) in [4.78, 5) is 12.3. The maximum absolute atomic E-state index is 12.3. The van der Waals surface area contributed by atoms with Crippen molar-refractivity contribution in [1.82, 2.24) is 0 Å². The van der Waals surface area contributed by atoms with Crippen LogP contribution in [0.5, 0.6) is 5.75 Å². The van der Waals surface area contributed by atoms with Crippen LogP contribution in [0.3, 0.4) is 0 Å². The van der Waals surface area contributed by atoms with Crippen LogP contribution < -0.4 is 15.8 Å². The quantitative estimate of drug-likeness (QED) is 0.842. The molecule has 0 spiro atoms. The third-order valence-electron chi connectivity index (χ3n) is 3.04. The maximum Gasteiger partial charge on any atom is 0.256 e. The van der Waals surface area contributed by atoms with Gasteiger partial charge >= 0.3 is 0 Å². The summed E-state index contributed by atoms with van der Waals surface area (Å²) in [7, 11) is 0. The molecule has 4 nitrogen and oxygen atoms in total. The second-order valence-electron chi connectivity index (χ2n) is 6.27. The summed E-state index contributed by atoms with van der Waals surface area (Å²) in [6.07, 6.45) is 0. The number of nitrogen functional groups attached to an aromatic ring is 1. The molecule has 2 aromatic carbocycles. The molecule has 22 heavy (non-hydrogen) atoms. The number of benzene rings is 2. The molecule has 0 saturated heterocycles. The fraction of sp³-hybridized carbons (Fsp3) is 0.278. The molecule has 0 bridgehead atoms. The Morgan fingerprint density at radius 2 is 1.73 bits per heavy atom. The van der Waals surface area contributed by atoms with Gasteiger partial charge in [0, 0.05) is 16.9 Å². The first kappa shape index (κ1) is 15.9. The number of ether oxygens (including phenoxy) is 1. The van der Waals surface area contributed by atoms with Crippen molar-refractivity contribution in [3.63, 3.8) is 0 Å². The number of nitrogens with two attached hydrogens (primary N) is 1. The van der Waals surface area contributed by atoms with Gasteiger partial charge in [-0.25, -0.2) is 0 Å². The summed E-state index contributed by atoms with van der Waals surface area (Å²) in [5.74, 6) is 0.597. The normalized spacial score (nSPS) is 11.1. The minimum absolute atomic E-state index is 0.172. The fourth-order valence-electron chi connectivity index (χ4n) is 2.04. The highest BCUT2D eigenvalue weighted by Gasteiger charge is 2.12. The topological polar surface area (TPSA) is 64.4 Å². The van der Waals surface area contributed by atoms with Gasteiger partial charge in [-0.2, -0.15) is 0 Å². The van der Waals surface area contributed by atoms with Crippen LogP contribution in [0.1, 0.15) is 36.7 Å². The molecule has 0 fully saturated rings. The lowest BCUT2D eigenvalue weighted by atomic mass is 10.1. The zero-order chi connectivity index (χ0) is 16.3. The van der Waals surface area contributed by atoms with E-state index in [2.05, 4.69) is 5.32 Å². The lowest BCUT2D eigenvalue weighted by Gasteiger charge is -2.21. The predicted molar refractivity (Wildman–Crippen MR) is 90.4 cm³/mol. The summed E-state index contributed by atoms with van der Waals surface area (Å²) in [6, 6.07) is 12.6. The molecule has 2 aromatic rings. The third-order valence-corrected chi connectivity index (χ3v) is 3.04. The first-order valence-electron chi connectivity index (χ1n) is 7.21. The van der Waals surface area contributed by atoms with Crippen molar-refractivity contribution < 1.29 is 9.53 Å². The third kappa shape index (κ3) is 4.25. The van der Waals surface area contributed by atoms with Crippen molar-refractivity contribution in [2.45, 2.75) is 33.3 Å². The molecular formula is C18H22N2O2. The van der Waals surface area contributed by atoms with E-state index in [0.717, 1.165) is 11.3 Å². The molecular weight excluding hydrogens is 276 g/mol. The van der Waals surface area contributed by atoms with Gasteiger partial charge in [-0.3, -0.25) is 4.79 Å². The predicted octanol–water partition coefficient (Wildman–Crippen LogP) is 4.01. The molecule has 0 aliphatic rings. The number of nitrogens with one attached hydrogen (secondary N) is 1. The van der Waals surface area contributed by atoms with Gasteiger partial charge in [-0.15, -0.1) is 0 Å². The summed E-state index contributed by atoms with van der Waals surface area (Å²) < 4.78 is 5.75. The standard InChI is InChI=1S/C18H22N2O2/c1-12-5-6-13(19)11-16(12)17(21)20-14-7-9-15(10-8-14)22-18(2,3)4/h5-11H,19H2,1-4H3,(H,20,21). The molecule has 0 atom stereocenters. The Morgan fingerprint density at radius 3 is 2.32 bits per heavy atom. The molecule has 1 amide bonds. The van der Waals surface area contributed by atoms with E-state index in [4.69, 9.17) is 10.5 Å². The van der Waals surface area contributed by atoms with Crippen LogP contribution in [0.25, 0.3) is 0 Å². The molecule has 0 aromatic heterocycles. The van der Waals surface area contributed by atoms with Crippen LogP contribution in [0, 0.1) is 6.92 Å². The Hall–Kier alpha value is -2.49. The number of carbonyl (C=O) groups excluding carboxylic acids is 1. The van der Waals surface area contributed by atoms with Gasteiger partial charge < -0.3 is 15.8 Å². The molecule has 0 aliphatic carbocycles. The van der Waals surface area contributed by atoms with E-state index >= 15 is 0 Å². The molecule has 0 unspecified atom stereocenters. The Kier molecular flexibility index (Phi) is 4.40. The molecule has 0 heterocycles. The molecule has 0 aliphatic heterocycles. The second kappa shape index (κ2) is 6.10. The number of hydrogen-bond acceptors (Lipinski definition) is 3. The largest absolute Gasteiger partial charge is 0.488 e. The highest BCUT2D eigenvalue weighted by molar-refractivity contribution is 6.05. The smallest absolute Gasteiger partial charge is 0.256 e. The van der Waals surface area contributed by atoms with E-state index in [0.29, 0.717) is 16.9 Å². The van der Waals surface area contributed by atoms with Gasteiger partial charge in [0.05, 0.1) is 0 Å². The number of rotatable bonds is 3. The van der Waals surface area contributed by atoms with Crippen molar-refractivity contribution in [2.24, 2.45) is 0 Å². The molecule has 4 heteroatoms. The molecule has 0 radical (unpaired) electrons. The van der Waals surface area contributed by atoms with Crippen LogP contribution in [-0.4, -0.2) is 11.5 Å². The monoisotopic (exact) mass is 298 g/mol.